The number of benzene rings is 2. The van der Waals surface area contributed by atoms with E-state index in [0.29, 0.717) is 19.6 Å². The van der Waals surface area contributed by atoms with Gasteiger partial charge in [0.05, 0.1) is 5.56 Å². The molecule has 1 aliphatic heterocycles. The molecule has 6 heteroatoms. The minimum absolute atomic E-state index is 0.100. The monoisotopic (exact) mass is 369 g/mol. The standard InChI is InChI=1S/C21H24FN3O2/c1-15-8-10-17(11-9-15)24-21(27)23-13-16-5-4-12-25(14-16)20(26)18-6-2-3-7-19(18)22/h2-3,6-11,16H,4-5,12-14H2,1H3,(H2,23,24,27). The van der Waals surface area contributed by atoms with Crippen LogP contribution in [0.5, 0.6) is 0 Å². The number of urea groups is 1. The molecule has 0 spiro atoms. The van der Waals surface area contributed by atoms with Crippen LogP contribution in [0, 0.1) is 18.7 Å². The first-order chi connectivity index (χ1) is 13.0. The van der Waals surface area contributed by atoms with Gasteiger partial charge in [-0.1, -0.05) is 29.8 Å². The third-order valence-corrected chi connectivity index (χ3v) is 4.77. The predicted octanol–water partition coefficient (Wildman–Crippen LogP) is 3.81. The summed E-state index contributed by atoms with van der Waals surface area (Å²) in [7, 11) is 0. The maximum absolute atomic E-state index is 13.9. The fraction of sp³-hybridized carbons (Fsp3) is 0.333. The van der Waals surface area contributed by atoms with Crippen molar-refractivity contribution in [1.29, 1.82) is 0 Å². The predicted molar refractivity (Wildman–Crippen MR) is 103 cm³/mol. The Morgan fingerprint density at radius 2 is 1.89 bits per heavy atom. The van der Waals surface area contributed by atoms with Crippen molar-refractivity contribution in [3.05, 3.63) is 65.5 Å². The van der Waals surface area contributed by atoms with Crippen molar-refractivity contribution < 1.29 is 14.0 Å². The van der Waals surface area contributed by atoms with Gasteiger partial charge in [-0.05, 0) is 49.9 Å². The summed E-state index contributed by atoms with van der Waals surface area (Å²) < 4.78 is 13.9. The number of rotatable bonds is 4. The average Bonchev–Trinajstić information content (AvgIpc) is 2.68. The molecule has 1 fully saturated rings. The largest absolute Gasteiger partial charge is 0.338 e. The van der Waals surface area contributed by atoms with Crippen molar-refractivity contribution >= 4 is 17.6 Å². The molecule has 0 aromatic heterocycles. The first-order valence-corrected chi connectivity index (χ1v) is 9.18. The number of aryl methyl sites for hydroxylation is 1. The third-order valence-electron chi connectivity index (χ3n) is 4.77. The summed E-state index contributed by atoms with van der Waals surface area (Å²) >= 11 is 0. The van der Waals surface area contributed by atoms with Crippen LogP contribution in [0.3, 0.4) is 0 Å². The van der Waals surface area contributed by atoms with Gasteiger partial charge in [0.2, 0.25) is 0 Å². The number of amides is 3. The molecule has 0 aliphatic carbocycles. The van der Waals surface area contributed by atoms with E-state index in [0.717, 1.165) is 24.1 Å². The molecule has 3 rings (SSSR count). The molecule has 3 amide bonds. The maximum Gasteiger partial charge on any atom is 0.319 e. The van der Waals surface area contributed by atoms with Gasteiger partial charge in [-0.25, -0.2) is 9.18 Å². The number of likely N-dealkylation sites (tertiary alicyclic amines) is 1. The quantitative estimate of drug-likeness (QED) is 0.861. The van der Waals surface area contributed by atoms with Gasteiger partial charge in [-0.15, -0.1) is 0 Å². The zero-order valence-electron chi connectivity index (χ0n) is 15.4. The third kappa shape index (κ3) is 5.06. The molecule has 1 heterocycles. The number of piperidine rings is 1. The van der Waals surface area contributed by atoms with Crippen molar-refractivity contribution in [2.45, 2.75) is 19.8 Å². The molecular weight excluding hydrogens is 345 g/mol. The second-order valence-corrected chi connectivity index (χ2v) is 6.94. The number of carbonyl (C=O) groups is 2. The smallest absolute Gasteiger partial charge is 0.319 e. The van der Waals surface area contributed by atoms with Crippen LogP contribution in [0.2, 0.25) is 0 Å². The number of carbonyl (C=O) groups excluding carboxylic acids is 2. The van der Waals surface area contributed by atoms with Crippen LogP contribution in [-0.4, -0.2) is 36.5 Å². The zero-order valence-corrected chi connectivity index (χ0v) is 15.4. The molecule has 27 heavy (non-hydrogen) atoms. The van der Waals surface area contributed by atoms with Gasteiger partial charge in [0.1, 0.15) is 5.82 Å². The van der Waals surface area contributed by atoms with Gasteiger partial charge in [0, 0.05) is 25.3 Å². The highest BCUT2D eigenvalue weighted by Crippen LogP contribution is 2.19. The Hall–Kier alpha value is -2.89. The second kappa shape index (κ2) is 8.66. The van der Waals surface area contributed by atoms with Crippen molar-refractivity contribution in [1.82, 2.24) is 10.2 Å². The van der Waals surface area contributed by atoms with Crippen molar-refractivity contribution in [3.63, 3.8) is 0 Å². The maximum atomic E-state index is 13.9. The SMILES string of the molecule is Cc1ccc(NC(=O)NCC2CCCN(C(=O)c3ccccc3F)C2)cc1. The molecule has 2 aromatic carbocycles. The van der Waals surface area contributed by atoms with Gasteiger partial charge >= 0.3 is 6.03 Å². The molecule has 5 nitrogen and oxygen atoms in total. The van der Waals surface area contributed by atoms with Crippen LogP contribution in [0.15, 0.2) is 48.5 Å². The fourth-order valence-corrected chi connectivity index (χ4v) is 3.27. The number of anilines is 1. The molecule has 2 aromatic rings. The van der Waals surface area contributed by atoms with Crippen LogP contribution < -0.4 is 10.6 Å². The van der Waals surface area contributed by atoms with Gasteiger partial charge in [0.25, 0.3) is 5.91 Å². The summed E-state index contributed by atoms with van der Waals surface area (Å²) in [5.41, 5.74) is 1.96. The summed E-state index contributed by atoms with van der Waals surface area (Å²) in [6.45, 7) is 3.58. The van der Waals surface area contributed by atoms with E-state index < -0.39 is 5.82 Å². The average molecular weight is 369 g/mol. The molecule has 0 saturated carbocycles. The van der Waals surface area contributed by atoms with Gasteiger partial charge in [0.15, 0.2) is 0 Å². The summed E-state index contributed by atoms with van der Waals surface area (Å²) in [4.78, 5) is 26.3. The first-order valence-electron chi connectivity index (χ1n) is 9.18. The molecular formula is C21H24FN3O2. The lowest BCUT2D eigenvalue weighted by atomic mass is 9.97. The van der Waals surface area contributed by atoms with Crippen LogP contribution in [0.25, 0.3) is 0 Å². The molecule has 142 valence electrons. The van der Waals surface area contributed by atoms with Crippen molar-refractivity contribution in [2.75, 3.05) is 25.0 Å². The lowest BCUT2D eigenvalue weighted by Gasteiger charge is -2.33. The summed E-state index contributed by atoms with van der Waals surface area (Å²) in [6, 6.07) is 13.3. The molecule has 2 N–H and O–H groups in total. The summed E-state index contributed by atoms with van der Waals surface area (Å²) in [5, 5.41) is 5.66. The Bertz CT molecular complexity index is 807. The van der Waals surface area contributed by atoms with Crippen LogP contribution in [0.4, 0.5) is 14.9 Å². The Morgan fingerprint density at radius 3 is 2.63 bits per heavy atom. The van der Waals surface area contributed by atoms with Crippen LogP contribution in [0.1, 0.15) is 28.8 Å². The van der Waals surface area contributed by atoms with E-state index >= 15 is 0 Å². The van der Waals surface area contributed by atoms with Crippen molar-refractivity contribution in [3.8, 4) is 0 Å². The minimum atomic E-state index is -0.500. The zero-order chi connectivity index (χ0) is 19.2. The molecule has 0 radical (unpaired) electrons. The molecule has 0 bridgehead atoms. The van der Waals surface area contributed by atoms with E-state index in [-0.39, 0.29) is 23.4 Å². The fourth-order valence-electron chi connectivity index (χ4n) is 3.27. The van der Waals surface area contributed by atoms with Crippen LogP contribution in [-0.2, 0) is 0 Å². The van der Waals surface area contributed by atoms with Gasteiger partial charge in [-0.2, -0.15) is 0 Å². The molecule has 1 saturated heterocycles. The normalized spacial score (nSPS) is 16.7. The molecule has 1 unspecified atom stereocenters. The summed E-state index contributed by atoms with van der Waals surface area (Å²) in [5.74, 6) is -0.639. The Labute approximate surface area is 158 Å². The highest BCUT2D eigenvalue weighted by Gasteiger charge is 2.26. The van der Waals surface area contributed by atoms with Gasteiger partial charge < -0.3 is 15.5 Å². The van der Waals surface area contributed by atoms with Crippen LogP contribution >= 0.6 is 0 Å². The Balaban J connectivity index is 1.51. The molecule has 1 atom stereocenters. The topological polar surface area (TPSA) is 61.4 Å². The highest BCUT2D eigenvalue weighted by atomic mass is 19.1. The lowest BCUT2D eigenvalue weighted by molar-refractivity contribution is 0.0670. The first kappa shape index (κ1) is 18.9. The van der Waals surface area contributed by atoms with E-state index in [4.69, 9.17) is 0 Å². The molecule has 1 aliphatic rings. The van der Waals surface area contributed by atoms with Gasteiger partial charge in [-0.3, -0.25) is 4.79 Å². The minimum Gasteiger partial charge on any atom is -0.338 e. The number of nitrogens with one attached hydrogen (secondary N) is 2. The Kier molecular flexibility index (Phi) is 6.06. The Morgan fingerprint density at radius 1 is 1.15 bits per heavy atom. The number of halogens is 1. The highest BCUT2D eigenvalue weighted by molar-refractivity contribution is 5.94. The number of nitrogens with zero attached hydrogens (tertiary/aromatic N) is 1. The number of hydrogen-bond donors (Lipinski definition) is 2. The lowest BCUT2D eigenvalue weighted by Crippen LogP contribution is -2.44. The second-order valence-electron chi connectivity index (χ2n) is 6.94. The van der Waals surface area contributed by atoms with E-state index in [1.165, 1.54) is 12.1 Å². The van der Waals surface area contributed by atoms with Crippen molar-refractivity contribution in [2.24, 2.45) is 5.92 Å². The van der Waals surface area contributed by atoms with E-state index in [9.17, 15) is 14.0 Å². The van der Waals surface area contributed by atoms with E-state index in [2.05, 4.69) is 10.6 Å². The summed E-state index contributed by atoms with van der Waals surface area (Å²) in [6.07, 6.45) is 1.76. The van der Waals surface area contributed by atoms with E-state index in [1.807, 2.05) is 31.2 Å². The number of hydrogen-bond acceptors (Lipinski definition) is 2. The van der Waals surface area contributed by atoms with E-state index in [1.54, 1.807) is 17.0 Å².